The van der Waals surface area contributed by atoms with Gasteiger partial charge in [-0.2, -0.15) is 0 Å². The Bertz CT molecular complexity index is 978. The number of hydrogen-bond acceptors (Lipinski definition) is 7. The monoisotopic (exact) mass is 416 g/mol. The molecule has 1 atom stereocenters. The molecule has 1 unspecified atom stereocenters. The van der Waals surface area contributed by atoms with Crippen molar-refractivity contribution >= 4 is 5.82 Å². The molecular weight excluding hydrogens is 394 g/mol. The predicted octanol–water partition coefficient (Wildman–Crippen LogP) is 3.11. The summed E-state index contributed by atoms with van der Waals surface area (Å²) in [7, 11) is 1.71. The van der Waals surface area contributed by atoms with Gasteiger partial charge in [-0.15, -0.1) is 15.3 Å². The zero-order valence-electron chi connectivity index (χ0n) is 16.7. The van der Waals surface area contributed by atoms with Gasteiger partial charge < -0.3 is 14.4 Å². The van der Waals surface area contributed by atoms with E-state index in [2.05, 4.69) is 25.4 Å². The Hall–Kier alpha value is -3.14. The first-order valence-electron chi connectivity index (χ1n) is 9.59. The van der Waals surface area contributed by atoms with E-state index < -0.39 is 6.43 Å². The molecule has 158 valence electrons. The summed E-state index contributed by atoms with van der Waals surface area (Å²) in [5.41, 5.74) is 1.97. The van der Waals surface area contributed by atoms with Crippen LogP contribution in [-0.2, 0) is 11.3 Å². The molecule has 0 amide bonds. The van der Waals surface area contributed by atoms with Crippen LogP contribution in [-0.4, -0.2) is 51.5 Å². The van der Waals surface area contributed by atoms with Crippen molar-refractivity contribution in [3.8, 4) is 11.6 Å². The van der Waals surface area contributed by atoms with Crippen molar-refractivity contribution in [1.82, 2.24) is 25.2 Å². The zero-order chi connectivity index (χ0) is 21.1. The summed E-state index contributed by atoms with van der Waals surface area (Å²) in [5, 5.41) is 16.6. The van der Waals surface area contributed by atoms with E-state index in [1.54, 1.807) is 30.0 Å². The number of nitrogens with zero attached hydrogens (tertiary/aromatic N) is 6. The van der Waals surface area contributed by atoms with Gasteiger partial charge in [0.25, 0.3) is 6.43 Å². The van der Waals surface area contributed by atoms with Gasteiger partial charge in [0.15, 0.2) is 5.82 Å². The number of aromatic nitrogens is 5. The molecule has 10 heteroatoms. The van der Waals surface area contributed by atoms with Crippen molar-refractivity contribution in [2.75, 3.05) is 25.1 Å². The highest BCUT2D eigenvalue weighted by molar-refractivity contribution is 5.40. The van der Waals surface area contributed by atoms with E-state index in [-0.39, 0.29) is 18.3 Å². The Balaban J connectivity index is 1.43. The summed E-state index contributed by atoms with van der Waals surface area (Å²) in [6.45, 7) is 3.64. The number of rotatable bonds is 7. The van der Waals surface area contributed by atoms with Crippen LogP contribution >= 0.6 is 0 Å². The van der Waals surface area contributed by atoms with Crippen molar-refractivity contribution in [2.24, 2.45) is 0 Å². The van der Waals surface area contributed by atoms with Crippen LogP contribution in [0.4, 0.5) is 14.6 Å². The lowest BCUT2D eigenvalue weighted by molar-refractivity contribution is 0.121. The van der Waals surface area contributed by atoms with Crippen LogP contribution in [0.5, 0.6) is 5.88 Å². The van der Waals surface area contributed by atoms with Crippen LogP contribution in [0.1, 0.15) is 29.8 Å². The molecule has 0 saturated carbocycles. The van der Waals surface area contributed by atoms with Crippen LogP contribution in [0.25, 0.3) is 5.69 Å². The number of hydrogen-bond donors (Lipinski definition) is 0. The fourth-order valence-electron chi connectivity index (χ4n) is 3.34. The summed E-state index contributed by atoms with van der Waals surface area (Å²) in [6.07, 6.45) is -1.33. The summed E-state index contributed by atoms with van der Waals surface area (Å²) in [5.74, 6) is 1.16. The average molecular weight is 416 g/mol. The zero-order valence-corrected chi connectivity index (χ0v) is 16.7. The Labute approximate surface area is 172 Å². The largest absolute Gasteiger partial charge is 0.470 e. The summed E-state index contributed by atoms with van der Waals surface area (Å²) in [4.78, 5) is 2.12. The Morgan fingerprint density at radius 1 is 1.10 bits per heavy atom. The Morgan fingerprint density at radius 3 is 2.53 bits per heavy atom. The molecule has 3 aromatic rings. The van der Waals surface area contributed by atoms with Gasteiger partial charge in [-0.25, -0.2) is 13.5 Å². The minimum absolute atomic E-state index is 0.0430. The molecule has 0 radical (unpaired) electrons. The van der Waals surface area contributed by atoms with E-state index in [0.717, 1.165) is 25.3 Å². The van der Waals surface area contributed by atoms with E-state index in [4.69, 9.17) is 9.47 Å². The number of aryl methyl sites for hydroxylation is 1. The molecule has 0 bridgehead atoms. The van der Waals surface area contributed by atoms with Gasteiger partial charge in [0, 0.05) is 31.8 Å². The lowest BCUT2D eigenvalue weighted by atomic mass is 10.2. The van der Waals surface area contributed by atoms with Crippen molar-refractivity contribution in [3.05, 3.63) is 53.3 Å². The van der Waals surface area contributed by atoms with E-state index in [1.165, 1.54) is 12.1 Å². The van der Waals surface area contributed by atoms with Gasteiger partial charge >= 0.3 is 0 Å². The van der Waals surface area contributed by atoms with Gasteiger partial charge in [-0.1, -0.05) is 17.3 Å². The minimum Gasteiger partial charge on any atom is -0.470 e. The Morgan fingerprint density at radius 2 is 1.90 bits per heavy atom. The molecule has 1 aromatic carbocycles. The number of halogens is 2. The van der Waals surface area contributed by atoms with E-state index in [1.807, 2.05) is 13.0 Å². The molecule has 30 heavy (non-hydrogen) atoms. The second-order valence-electron chi connectivity index (χ2n) is 7.04. The molecular formula is C20H22F2N6O2. The molecule has 4 rings (SSSR count). The van der Waals surface area contributed by atoms with Gasteiger partial charge in [0.1, 0.15) is 12.3 Å². The summed E-state index contributed by atoms with van der Waals surface area (Å²) in [6, 6.07) is 9.54. The van der Waals surface area contributed by atoms with Crippen molar-refractivity contribution in [1.29, 1.82) is 0 Å². The molecule has 0 spiro atoms. The maximum absolute atomic E-state index is 12.8. The van der Waals surface area contributed by atoms with E-state index in [0.29, 0.717) is 23.0 Å². The van der Waals surface area contributed by atoms with E-state index in [9.17, 15) is 8.78 Å². The maximum atomic E-state index is 12.8. The third-order valence-electron chi connectivity index (χ3n) is 5.13. The molecule has 0 N–H and O–H groups in total. The summed E-state index contributed by atoms with van der Waals surface area (Å²) < 4.78 is 38.3. The molecule has 3 heterocycles. The lowest BCUT2D eigenvalue weighted by Gasteiger charge is -2.16. The number of anilines is 1. The second kappa shape index (κ2) is 8.70. The van der Waals surface area contributed by atoms with Crippen molar-refractivity contribution in [3.63, 3.8) is 0 Å². The fraction of sp³-hybridized carbons (Fsp3) is 0.400. The standard InChI is InChI=1S/C20H22F2N6O2/c1-13-17(28(26-23-13)15-5-3-14(4-6-15)20(21)22)12-30-19-8-7-18(24-25-19)27-10-9-16(11-27)29-2/h3-8,16,20H,9-12H2,1-2H3. The second-order valence-corrected chi connectivity index (χ2v) is 7.04. The Kier molecular flexibility index (Phi) is 5.84. The molecule has 8 nitrogen and oxygen atoms in total. The van der Waals surface area contributed by atoms with Crippen LogP contribution < -0.4 is 9.64 Å². The summed E-state index contributed by atoms with van der Waals surface area (Å²) >= 11 is 0. The fourth-order valence-corrected chi connectivity index (χ4v) is 3.34. The molecule has 1 fully saturated rings. The molecule has 2 aromatic heterocycles. The van der Waals surface area contributed by atoms with E-state index >= 15 is 0 Å². The highest BCUT2D eigenvalue weighted by Gasteiger charge is 2.23. The van der Waals surface area contributed by atoms with Crippen LogP contribution in [0.15, 0.2) is 36.4 Å². The van der Waals surface area contributed by atoms with Crippen LogP contribution in [0, 0.1) is 6.92 Å². The first-order valence-corrected chi connectivity index (χ1v) is 9.59. The smallest absolute Gasteiger partial charge is 0.263 e. The maximum Gasteiger partial charge on any atom is 0.263 e. The van der Waals surface area contributed by atoms with Crippen molar-refractivity contribution in [2.45, 2.75) is 32.5 Å². The number of benzene rings is 1. The third-order valence-corrected chi connectivity index (χ3v) is 5.13. The normalized spacial score (nSPS) is 16.4. The number of ether oxygens (including phenoxy) is 2. The molecule has 1 aliphatic heterocycles. The predicted molar refractivity (Wildman–Crippen MR) is 105 cm³/mol. The van der Waals surface area contributed by atoms with Crippen molar-refractivity contribution < 1.29 is 18.3 Å². The van der Waals surface area contributed by atoms with Gasteiger partial charge in [0.2, 0.25) is 5.88 Å². The highest BCUT2D eigenvalue weighted by atomic mass is 19.3. The topological polar surface area (TPSA) is 78.2 Å². The van der Waals surface area contributed by atoms with Gasteiger partial charge in [-0.05, 0) is 31.5 Å². The first kappa shape index (κ1) is 20.1. The van der Waals surface area contributed by atoms with Crippen LogP contribution in [0.2, 0.25) is 0 Å². The third kappa shape index (κ3) is 4.23. The number of alkyl halides is 2. The quantitative estimate of drug-likeness (QED) is 0.586. The van der Waals surface area contributed by atoms with Gasteiger partial charge in [0.05, 0.1) is 17.5 Å². The molecule has 0 aliphatic carbocycles. The molecule has 1 aliphatic rings. The SMILES string of the molecule is COC1CCN(c2ccc(OCc3c(C)nnn3-c3ccc(C(F)F)cc3)nn2)C1. The van der Waals surface area contributed by atoms with Crippen LogP contribution in [0.3, 0.4) is 0 Å². The number of methoxy groups -OCH3 is 1. The minimum atomic E-state index is -2.51. The lowest BCUT2D eigenvalue weighted by Crippen LogP contribution is -2.23. The first-order chi connectivity index (χ1) is 14.5. The average Bonchev–Trinajstić information content (AvgIpc) is 3.39. The van der Waals surface area contributed by atoms with Gasteiger partial charge in [-0.3, -0.25) is 0 Å². The molecule has 1 saturated heterocycles. The highest BCUT2D eigenvalue weighted by Crippen LogP contribution is 2.23.